The van der Waals surface area contributed by atoms with E-state index in [-0.39, 0.29) is 0 Å². The third-order valence-corrected chi connectivity index (χ3v) is 2.83. The highest BCUT2D eigenvalue weighted by Crippen LogP contribution is 2.08. The van der Waals surface area contributed by atoms with E-state index in [9.17, 15) is 0 Å². The van der Waals surface area contributed by atoms with Crippen LogP contribution in [0.15, 0.2) is 0 Å². The summed E-state index contributed by atoms with van der Waals surface area (Å²) in [5.41, 5.74) is 5.41. The van der Waals surface area contributed by atoms with Gasteiger partial charge in [0.15, 0.2) is 0 Å². The van der Waals surface area contributed by atoms with Crippen LogP contribution in [-0.4, -0.2) is 44.2 Å². The van der Waals surface area contributed by atoms with Crippen molar-refractivity contribution in [3.8, 4) is 0 Å². The quantitative estimate of drug-likeness (QED) is 0.596. The Balaban J connectivity index is 1.82. The van der Waals surface area contributed by atoms with E-state index in [0.29, 0.717) is 0 Å². The molecule has 0 saturated carbocycles. The van der Waals surface area contributed by atoms with E-state index < -0.39 is 0 Å². The van der Waals surface area contributed by atoms with E-state index in [4.69, 9.17) is 5.73 Å². The predicted octanol–water partition coefficient (Wildman–Crippen LogP) is 0.801. The third kappa shape index (κ3) is 5.58. The van der Waals surface area contributed by atoms with Gasteiger partial charge in [-0.15, -0.1) is 0 Å². The van der Waals surface area contributed by atoms with Gasteiger partial charge in [0.05, 0.1) is 0 Å². The van der Waals surface area contributed by atoms with Crippen LogP contribution in [0.2, 0.25) is 0 Å². The van der Waals surface area contributed by atoms with Crippen molar-refractivity contribution in [2.75, 3.05) is 39.3 Å². The van der Waals surface area contributed by atoms with Gasteiger partial charge in [-0.25, -0.2) is 0 Å². The standard InChI is InChI=1S/C11H25N3/c12-6-4-7-13-8-5-11-14-9-2-1-3-10-14/h13H,1-12H2. The fraction of sp³-hybridized carbons (Fsp3) is 1.00. The fourth-order valence-corrected chi connectivity index (χ4v) is 1.96. The summed E-state index contributed by atoms with van der Waals surface area (Å²) in [5.74, 6) is 0. The maximum Gasteiger partial charge on any atom is -0.000664 e. The summed E-state index contributed by atoms with van der Waals surface area (Å²) in [5, 5.41) is 3.42. The highest BCUT2D eigenvalue weighted by Gasteiger charge is 2.08. The van der Waals surface area contributed by atoms with Gasteiger partial charge in [0.2, 0.25) is 0 Å². The minimum atomic E-state index is 0.805. The van der Waals surface area contributed by atoms with E-state index in [0.717, 1.165) is 26.1 Å². The SMILES string of the molecule is NCCCNCCCN1CCCCC1. The molecular weight excluding hydrogens is 174 g/mol. The van der Waals surface area contributed by atoms with Gasteiger partial charge in [0, 0.05) is 0 Å². The van der Waals surface area contributed by atoms with Gasteiger partial charge in [-0.2, -0.15) is 0 Å². The van der Waals surface area contributed by atoms with Gasteiger partial charge in [-0.05, 0) is 65.0 Å². The lowest BCUT2D eigenvalue weighted by molar-refractivity contribution is 0.226. The number of nitrogens with two attached hydrogens (primary N) is 1. The molecule has 1 heterocycles. The largest absolute Gasteiger partial charge is 0.330 e. The van der Waals surface area contributed by atoms with Crippen molar-refractivity contribution in [2.45, 2.75) is 32.1 Å². The van der Waals surface area contributed by atoms with Crippen LogP contribution in [-0.2, 0) is 0 Å². The van der Waals surface area contributed by atoms with Crippen molar-refractivity contribution >= 4 is 0 Å². The van der Waals surface area contributed by atoms with Crippen LogP contribution in [0, 0.1) is 0 Å². The molecule has 0 aromatic heterocycles. The molecular formula is C11H25N3. The Hall–Kier alpha value is -0.120. The molecule has 14 heavy (non-hydrogen) atoms. The van der Waals surface area contributed by atoms with E-state index >= 15 is 0 Å². The summed E-state index contributed by atoms with van der Waals surface area (Å²) in [6.07, 6.45) is 6.63. The first-order chi connectivity index (χ1) is 6.93. The highest BCUT2D eigenvalue weighted by atomic mass is 15.1. The molecule has 0 atom stereocenters. The average molecular weight is 199 g/mol. The van der Waals surface area contributed by atoms with Crippen molar-refractivity contribution in [3.63, 3.8) is 0 Å². The molecule has 1 aliphatic heterocycles. The molecule has 1 fully saturated rings. The molecule has 1 saturated heterocycles. The molecule has 0 amide bonds. The summed E-state index contributed by atoms with van der Waals surface area (Å²) in [7, 11) is 0. The number of likely N-dealkylation sites (tertiary alicyclic amines) is 1. The normalized spacial score (nSPS) is 18.6. The van der Waals surface area contributed by atoms with Crippen LogP contribution in [0.5, 0.6) is 0 Å². The van der Waals surface area contributed by atoms with Crippen molar-refractivity contribution in [3.05, 3.63) is 0 Å². The van der Waals surface area contributed by atoms with Crippen molar-refractivity contribution < 1.29 is 0 Å². The third-order valence-electron chi connectivity index (χ3n) is 2.83. The number of hydrogen-bond acceptors (Lipinski definition) is 3. The second-order valence-corrected chi connectivity index (χ2v) is 4.15. The Kier molecular flexibility index (Phi) is 7.01. The molecule has 84 valence electrons. The minimum Gasteiger partial charge on any atom is -0.330 e. The lowest BCUT2D eigenvalue weighted by atomic mass is 10.1. The van der Waals surface area contributed by atoms with Crippen LogP contribution < -0.4 is 11.1 Å². The molecule has 1 rings (SSSR count). The summed E-state index contributed by atoms with van der Waals surface area (Å²) < 4.78 is 0. The van der Waals surface area contributed by atoms with Gasteiger partial charge in [-0.1, -0.05) is 6.42 Å². The number of nitrogens with zero attached hydrogens (tertiary/aromatic N) is 1. The minimum absolute atomic E-state index is 0.805. The topological polar surface area (TPSA) is 41.3 Å². The summed E-state index contributed by atoms with van der Waals surface area (Å²) in [6.45, 7) is 6.95. The van der Waals surface area contributed by atoms with Gasteiger partial charge in [0.1, 0.15) is 0 Å². The lowest BCUT2D eigenvalue weighted by Crippen LogP contribution is -2.32. The van der Waals surface area contributed by atoms with E-state index in [1.807, 2.05) is 0 Å². The van der Waals surface area contributed by atoms with E-state index in [1.165, 1.54) is 45.3 Å². The lowest BCUT2D eigenvalue weighted by Gasteiger charge is -2.26. The predicted molar refractivity (Wildman–Crippen MR) is 61.4 cm³/mol. The van der Waals surface area contributed by atoms with Crippen LogP contribution in [0.3, 0.4) is 0 Å². The number of piperidine rings is 1. The maximum atomic E-state index is 5.41. The molecule has 3 N–H and O–H groups in total. The number of rotatable bonds is 7. The van der Waals surface area contributed by atoms with Crippen LogP contribution in [0.1, 0.15) is 32.1 Å². The fourth-order valence-electron chi connectivity index (χ4n) is 1.96. The number of hydrogen-bond donors (Lipinski definition) is 2. The monoisotopic (exact) mass is 199 g/mol. The van der Waals surface area contributed by atoms with Gasteiger partial charge < -0.3 is 16.0 Å². The van der Waals surface area contributed by atoms with Gasteiger partial charge in [-0.3, -0.25) is 0 Å². The molecule has 0 spiro atoms. The molecule has 1 aliphatic rings. The molecule has 3 heteroatoms. The van der Waals surface area contributed by atoms with Crippen molar-refractivity contribution in [2.24, 2.45) is 5.73 Å². The molecule has 3 nitrogen and oxygen atoms in total. The molecule has 0 aliphatic carbocycles. The Morgan fingerprint density at radius 1 is 1.00 bits per heavy atom. The molecule has 0 radical (unpaired) electrons. The molecule has 0 bridgehead atoms. The Bertz CT molecular complexity index is 122. The average Bonchev–Trinajstić information content (AvgIpc) is 2.25. The zero-order valence-electron chi connectivity index (χ0n) is 9.30. The summed E-state index contributed by atoms with van der Waals surface area (Å²) in [6, 6.07) is 0. The first-order valence-electron chi connectivity index (χ1n) is 6.06. The highest BCUT2D eigenvalue weighted by molar-refractivity contribution is 4.64. The summed E-state index contributed by atoms with van der Waals surface area (Å²) >= 11 is 0. The van der Waals surface area contributed by atoms with E-state index in [2.05, 4.69) is 10.2 Å². The van der Waals surface area contributed by atoms with Crippen molar-refractivity contribution in [1.29, 1.82) is 0 Å². The first kappa shape index (κ1) is 12.0. The second kappa shape index (κ2) is 8.21. The molecule has 0 aromatic rings. The maximum absolute atomic E-state index is 5.41. The zero-order chi connectivity index (χ0) is 10.1. The Labute approximate surface area is 88.0 Å². The zero-order valence-corrected chi connectivity index (χ0v) is 9.30. The van der Waals surface area contributed by atoms with Crippen LogP contribution in [0.25, 0.3) is 0 Å². The molecule has 0 unspecified atom stereocenters. The van der Waals surface area contributed by atoms with Crippen LogP contribution in [0.4, 0.5) is 0 Å². The molecule has 0 aromatic carbocycles. The van der Waals surface area contributed by atoms with Crippen molar-refractivity contribution in [1.82, 2.24) is 10.2 Å². The second-order valence-electron chi connectivity index (χ2n) is 4.15. The van der Waals surface area contributed by atoms with E-state index in [1.54, 1.807) is 0 Å². The first-order valence-corrected chi connectivity index (χ1v) is 6.06. The van der Waals surface area contributed by atoms with Crippen LogP contribution >= 0.6 is 0 Å². The number of nitrogens with one attached hydrogen (secondary N) is 1. The Morgan fingerprint density at radius 3 is 2.43 bits per heavy atom. The Morgan fingerprint density at radius 2 is 1.71 bits per heavy atom. The van der Waals surface area contributed by atoms with Gasteiger partial charge >= 0.3 is 0 Å². The smallest absolute Gasteiger partial charge is 0.000664 e. The summed E-state index contributed by atoms with van der Waals surface area (Å²) in [4.78, 5) is 2.59. The van der Waals surface area contributed by atoms with Gasteiger partial charge in [0.25, 0.3) is 0 Å².